The van der Waals surface area contributed by atoms with Crippen LogP contribution in [-0.2, 0) is 14.8 Å². The van der Waals surface area contributed by atoms with Gasteiger partial charge in [0.1, 0.15) is 0 Å². The number of carbonyl (C=O) groups excluding carboxylic acids is 1. The van der Waals surface area contributed by atoms with Gasteiger partial charge in [0.2, 0.25) is 10.0 Å². The van der Waals surface area contributed by atoms with Crippen molar-refractivity contribution in [1.29, 1.82) is 0 Å². The highest BCUT2D eigenvalue weighted by molar-refractivity contribution is 7.89. The van der Waals surface area contributed by atoms with Crippen LogP contribution in [0.2, 0.25) is 0 Å². The van der Waals surface area contributed by atoms with Crippen molar-refractivity contribution in [2.24, 2.45) is 11.7 Å². The molecule has 0 saturated heterocycles. The molecule has 1 aromatic carbocycles. The van der Waals surface area contributed by atoms with Gasteiger partial charge in [-0.1, -0.05) is 18.9 Å². The summed E-state index contributed by atoms with van der Waals surface area (Å²) in [5.41, 5.74) is 6.41. The third kappa shape index (κ3) is 4.47. The lowest BCUT2D eigenvalue weighted by Crippen LogP contribution is -2.44. The van der Waals surface area contributed by atoms with E-state index < -0.39 is 16.0 Å². The molecule has 24 heavy (non-hydrogen) atoms. The number of halogens is 1. The van der Waals surface area contributed by atoms with Gasteiger partial charge in [-0.25, -0.2) is 17.9 Å². The predicted molar refractivity (Wildman–Crippen MR) is 94.9 cm³/mol. The van der Waals surface area contributed by atoms with Crippen LogP contribution < -0.4 is 10.5 Å². The molecule has 0 spiro atoms. The minimum absolute atomic E-state index is 0. The summed E-state index contributed by atoms with van der Waals surface area (Å²) in [4.78, 5) is 11.8. The van der Waals surface area contributed by atoms with Crippen LogP contribution in [0, 0.1) is 12.8 Å². The molecule has 0 aromatic heterocycles. The van der Waals surface area contributed by atoms with Crippen LogP contribution in [0.25, 0.3) is 0 Å². The lowest BCUT2D eigenvalue weighted by Gasteiger charge is -2.23. The minimum atomic E-state index is -3.74. The second-order valence-corrected chi connectivity index (χ2v) is 7.61. The first kappa shape index (κ1) is 20.9. The quantitative estimate of drug-likeness (QED) is 0.740. The van der Waals surface area contributed by atoms with E-state index >= 15 is 0 Å². The van der Waals surface area contributed by atoms with E-state index in [2.05, 4.69) is 4.72 Å². The zero-order valence-electron chi connectivity index (χ0n) is 13.9. The van der Waals surface area contributed by atoms with Gasteiger partial charge in [-0.05, 0) is 43.4 Å². The first-order valence-electron chi connectivity index (χ1n) is 7.81. The van der Waals surface area contributed by atoms with Gasteiger partial charge in [-0.2, -0.15) is 0 Å². The minimum Gasteiger partial charge on any atom is -0.465 e. The van der Waals surface area contributed by atoms with Gasteiger partial charge in [0.15, 0.2) is 0 Å². The highest BCUT2D eigenvalue weighted by Gasteiger charge is 2.29. The van der Waals surface area contributed by atoms with Crippen molar-refractivity contribution in [3.05, 3.63) is 29.3 Å². The maximum Gasteiger partial charge on any atom is 0.338 e. The van der Waals surface area contributed by atoms with Crippen LogP contribution in [0.15, 0.2) is 23.1 Å². The molecule has 1 saturated carbocycles. The molecule has 1 aromatic rings. The molecular formula is C16H25ClN2O4S. The lowest BCUT2D eigenvalue weighted by atomic mass is 9.99. The summed E-state index contributed by atoms with van der Waals surface area (Å²) < 4.78 is 32.9. The number of hydrogen-bond donors (Lipinski definition) is 2. The molecule has 1 unspecified atom stereocenters. The zero-order chi connectivity index (χ0) is 17.0. The molecule has 3 N–H and O–H groups in total. The normalized spacial score (nSPS) is 16.5. The Balaban J connectivity index is 0.00000288. The van der Waals surface area contributed by atoms with Crippen LogP contribution >= 0.6 is 12.4 Å². The molecule has 6 nitrogen and oxygen atoms in total. The Morgan fingerprint density at radius 1 is 1.38 bits per heavy atom. The highest BCUT2D eigenvalue weighted by atomic mass is 35.5. The molecular weight excluding hydrogens is 352 g/mol. The van der Waals surface area contributed by atoms with E-state index in [1.807, 2.05) is 0 Å². The smallest absolute Gasteiger partial charge is 0.338 e. The van der Waals surface area contributed by atoms with E-state index in [-0.39, 0.29) is 41.4 Å². The molecule has 1 aliphatic rings. The number of carbonyl (C=O) groups is 1. The third-order valence-corrected chi connectivity index (χ3v) is 6.14. The molecule has 8 heteroatoms. The van der Waals surface area contributed by atoms with Gasteiger partial charge in [0.05, 0.1) is 17.6 Å². The first-order chi connectivity index (χ1) is 10.9. The van der Waals surface area contributed by atoms with Gasteiger partial charge in [0, 0.05) is 12.6 Å². The van der Waals surface area contributed by atoms with Gasteiger partial charge in [-0.15, -0.1) is 12.4 Å². The number of esters is 1. The lowest BCUT2D eigenvalue weighted by molar-refractivity contribution is 0.0599. The Bertz CT molecular complexity index is 673. The largest absolute Gasteiger partial charge is 0.465 e. The van der Waals surface area contributed by atoms with Gasteiger partial charge in [-0.3, -0.25) is 0 Å². The second kappa shape index (κ2) is 8.80. The average Bonchev–Trinajstić information content (AvgIpc) is 3.06. The average molecular weight is 377 g/mol. The summed E-state index contributed by atoms with van der Waals surface area (Å²) >= 11 is 0. The van der Waals surface area contributed by atoms with Crippen LogP contribution in [0.5, 0.6) is 0 Å². The van der Waals surface area contributed by atoms with Gasteiger partial charge >= 0.3 is 5.97 Å². The fourth-order valence-corrected chi connectivity index (χ4v) is 4.78. The zero-order valence-corrected chi connectivity index (χ0v) is 15.6. The van der Waals surface area contributed by atoms with Crippen molar-refractivity contribution < 1.29 is 17.9 Å². The van der Waals surface area contributed by atoms with Crippen LogP contribution in [-0.4, -0.2) is 34.1 Å². The monoisotopic (exact) mass is 376 g/mol. The van der Waals surface area contributed by atoms with Crippen molar-refractivity contribution in [2.45, 2.75) is 43.5 Å². The maximum absolute atomic E-state index is 12.7. The van der Waals surface area contributed by atoms with E-state index in [1.165, 1.54) is 13.2 Å². The molecule has 0 heterocycles. The summed E-state index contributed by atoms with van der Waals surface area (Å²) in [5, 5.41) is 0. The van der Waals surface area contributed by atoms with Crippen molar-refractivity contribution in [2.75, 3.05) is 13.7 Å². The third-order valence-electron chi connectivity index (χ3n) is 4.51. The predicted octanol–water partition coefficient (Wildman–Crippen LogP) is 2.00. The molecule has 136 valence electrons. The van der Waals surface area contributed by atoms with E-state index in [4.69, 9.17) is 10.5 Å². The maximum atomic E-state index is 12.7. The number of nitrogens with one attached hydrogen (secondary N) is 1. The molecule has 1 fully saturated rings. The fraction of sp³-hybridized carbons (Fsp3) is 0.562. The first-order valence-corrected chi connectivity index (χ1v) is 9.29. The van der Waals surface area contributed by atoms with E-state index in [9.17, 15) is 13.2 Å². The number of ether oxygens (including phenoxy) is 1. The number of rotatable bonds is 6. The molecule has 1 atom stereocenters. The summed E-state index contributed by atoms with van der Waals surface area (Å²) in [6, 6.07) is 4.31. The summed E-state index contributed by atoms with van der Waals surface area (Å²) in [5.74, 6) is -0.274. The fourth-order valence-electron chi connectivity index (χ4n) is 3.20. The Morgan fingerprint density at radius 3 is 2.54 bits per heavy atom. The van der Waals surface area contributed by atoms with E-state index in [0.717, 1.165) is 25.7 Å². The van der Waals surface area contributed by atoms with Crippen molar-refractivity contribution in [1.82, 2.24) is 4.72 Å². The van der Waals surface area contributed by atoms with E-state index in [0.29, 0.717) is 5.56 Å². The Morgan fingerprint density at radius 2 is 2.00 bits per heavy atom. The molecule has 0 aliphatic heterocycles. The number of hydrogen-bond acceptors (Lipinski definition) is 5. The number of sulfonamides is 1. The van der Waals surface area contributed by atoms with Gasteiger partial charge < -0.3 is 10.5 Å². The van der Waals surface area contributed by atoms with Crippen LogP contribution in [0.3, 0.4) is 0 Å². The van der Waals surface area contributed by atoms with Gasteiger partial charge in [0.25, 0.3) is 0 Å². The topological polar surface area (TPSA) is 98.5 Å². The summed E-state index contributed by atoms with van der Waals surface area (Å²) in [6.07, 6.45) is 4.20. The van der Waals surface area contributed by atoms with Crippen LogP contribution in [0.4, 0.5) is 0 Å². The highest BCUT2D eigenvalue weighted by Crippen LogP contribution is 2.28. The van der Waals surface area contributed by atoms with Crippen molar-refractivity contribution >= 4 is 28.4 Å². The molecule has 2 rings (SSSR count). The Labute approximate surface area is 149 Å². The number of methoxy groups -OCH3 is 1. The summed E-state index contributed by atoms with van der Waals surface area (Å²) in [7, 11) is -2.47. The molecule has 0 bridgehead atoms. The van der Waals surface area contributed by atoms with Crippen LogP contribution in [0.1, 0.15) is 41.6 Å². The van der Waals surface area contributed by atoms with Crippen molar-refractivity contribution in [3.63, 3.8) is 0 Å². The van der Waals surface area contributed by atoms with E-state index in [1.54, 1.807) is 19.1 Å². The SMILES string of the molecule is COC(=O)c1cccc(S(=O)(=O)NC(CN)C2CCCC2)c1C.Cl. The molecule has 0 radical (unpaired) electrons. The Kier molecular flexibility index (Phi) is 7.66. The second-order valence-electron chi connectivity index (χ2n) is 5.93. The molecule has 1 aliphatic carbocycles. The standard InChI is InChI=1S/C16H24N2O4S.ClH/c1-11-13(16(19)22-2)8-5-9-15(11)23(20,21)18-14(10-17)12-6-3-4-7-12;/h5,8-9,12,14,18H,3-4,6-7,10,17H2,1-2H3;1H. The van der Waals surface area contributed by atoms with Crippen molar-refractivity contribution in [3.8, 4) is 0 Å². The molecule has 0 amide bonds. The number of benzene rings is 1. The summed E-state index contributed by atoms with van der Waals surface area (Å²) in [6.45, 7) is 1.87. The number of nitrogens with two attached hydrogens (primary N) is 1. The Hall–Kier alpha value is -1.15.